The molecule has 0 rings (SSSR count). The SMILES string of the molecule is CNCCCNC[C@H](O)C[C@@H](N)CC(=O)NN(C)CC(=O)O. The first kappa shape index (κ1) is 20.7. The Balaban J connectivity index is 3.79. The highest BCUT2D eigenvalue weighted by molar-refractivity contribution is 5.76. The van der Waals surface area contributed by atoms with E-state index in [4.69, 9.17) is 10.8 Å². The van der Waals surface area contributed by atoms with E-state index in [9.17, 15) is 14.7 Å². The fourth-order valence-corrected chi connectivity index (χ4v) is 1.91. The molecule has 22 heavy (non-hydrogen) atoms. The van der Waals surface area contributed by atoms with Crippen molar-refractivity contribution < 1.29 is 19.8 Å². The summed E-state index contributed by atoms with van der Waals surface area (Å²) in [6.07, 6.45) is 0.679. The van der Waals surface area contributed by atoms with Crippen LogP contribution in [0.15, 0.2) is 0 Å². The van der Waals surface area contributed by atoms with Crippen LogP contribution >= 0.6 is 0 Å². The predicted octanol–water partition coefficient (Wildman–Crippen LogP) is -2.30. The van der Waals surface area contributed by atoms with Gasteiger partial charge in [0.2, 0.25) is 5.91 Å². The molecule has 0 saturated carbocycles. The third-order valence-corrected chi connectivity index (χ3v) is 2.87. The van der Waals surface area contributed by atoms with Crippen LogP contribution in [0.3, 0.4) is 0 Å². The molecular formula is C13H29N5O4. The number of likely N-dealkylation sites (N-methyl/N-ethyl adjacent to an activating group) is 1. The zero-order chi connectivity index (χ0) is 17.0. The first-order valence-electron chi connectivity index (χ1n) is 7.36. The number of hydrazine groups is 1. The minimum absolute atomic E-state index is 0.0285. The van der Waals surface area contributed by atoms with E-state index in [2.05, 4.69) is 16.1 Å². The zero-order valence-electron chi connectivity index (χ0n) is 13.3. The van der Waals surface area contributed by atoms with E-state index < -0.39 is 18.1 Å². The van der Waals surface area contributed by atoms with Crippen molar-refractivity contribution >= 4 is 11.9 Å². The molecular weight excluding hydrogens is 290 g/mol. The number of amides is 1. The van der Waals surface area contributed by atoms with Crippen molar-refractivity contribution in [1.29, 1.82) is 0 Å². The summed E-state index contributed by atoms with van der Waals surface area (Å²) in [4.78, 5) is 22.1. The number of nitrogens with zero attached hydrogens (tertiary/aromatic N) is 1. The van der Waals surface area contributed by atoms with Crippen LogP contribution in [-0.4, -0.2) is 79.5 Å². The van der Waals surface area contributed by atoms with Crippen molar-refractivity contribution in [2.24, 2.45) is 5.73 Å². The van der Waals surface area contributed by atoms with Gasteiger partial charge in [-0.2, -0.15) is 0 Å². The summed E-state index contributed by atoms with van der Waals surface area (Å²) in [6, 6.07) is -0.479. The Labute approximate surface area is 131 Å². The van der Waals surface area contributed by atoms with E-state index in [-0.39, 0.29) is 18.9 Å². The van der Waals surface area contributed by atoms with Gasteiger partial charge >= 0.3 is 5.97 Å². The number of nitrogens with one attached hydrogen (secondary N) is 3. The fourth-order valence-electron chi connectivity index (χ4n) is 1.91. The lowest BCUT2D eigenvalue weighted by Gasteiger charge is -2.19. The number of rotatable bonds is 13. The number of carboxylic acids is 1. The number of hydrogen-bond acceptors (Lipinski definition) is 7. The molecule has 0 aliphatic heterocycles. The Hall–Kier alpha value is -1.26. The van der Waals surface area contributed by atoms with Crippen LogP contribution in [-0.2, 0) is 9.59 Å². The molecule has 0 aliphatic carbocycles. The quantitative estimate of drug-likeness (QED) is 0.164. The molecule has 0 aliphatic rings. The van der Waals surface area contributed by atoms with Crippen LogP contribution in [0.2, 0.25) is 0 Å². The van der Waals surface area contributed by atoms with E-state index >= 15 is 0 Å². The molecule has 0 aromatic heterocycles. The van der Waals surface area contributed by atoms with Gasteiger partial charge in [0.1, 0.15) is 6.54 Å². The molecule has 9 nitrogen and oxygen atoms in total. The molecule has 0 heterocycles. The van der Waals surface area contributed by atoms with Crippen molar-refractivity contribution in [3.05, 3.63) is 0 Å². The molecule has 1 amide bonds. The van der Waals surface area contributed by atoms with Crippen LogP contribution in [0.5, 0.6) is 0 Å². The molecule has 0 radical (unpaired) electrons. The second-order valence-electron chi connectivity index (χ2n) is 5.30. The summed E-state index contributed by atoms with van der Waals surface area (Å²) < 4.78 is 0. The molecule has 0 fully saturated rings. The molecule has 0 bridgehead atoms. The highest BCUT2D eigenvalue weighted by Crippen LogP contribution is 2.00. The summed E-state index contributed by atoms with van der Waals surface area (Å²) in [5.74, 6) is -1.41. The Morgan fingerprint density at radius 3 is 2.59 bits per heavy atom. The van der Waals surface area contributed by atoms with Gasteiger partial charge in [-0.3, -0.25) is 15.0 Å². The number of carboxylic acid groups (broad SMARTS) is 1. The van der Waals surface area contributed by atoms with E-state index in [0.29, 0.717) is 13.0 Å². The maximum absolute atomic E-state index is 11.6. The Kier molecular flexibility index (Phi) is 11.6. The van der Waals surface area contributed by atoms with Gasteiger partial charge in [-0.15, -0.1) is 0 Å². The summed E-state index contributed by atoms with van der Waals surface area (Å²) >= 11 is 0. The number of aliphatic hydroxyl groups excluding tert-OH is 1. The van der Waals surface area contributed by atoms with Gasteiger partial charge in [0.25, 0.3) is 0 Å². The number of nitrogens with two attached hydrogens (primary N) is 1. The van der Waals surface area contributed by atoms with Gasteiger partial charge in [-0.25, -0.2) is 5.01 Å². The fraction of sp³-hybridized carbons (Fsp3) is 0.846. The predicted molar refractivity (Wildman–Crippen MR) is 83.0 cm³/mol. The first-order valence-corrected chi connectivity index (χ1v) is 7.36. The Morgan fingerprint density at radius 2 is 2.00 bits per heavy atom. The van der Waals surface area contributed by atoms with Crippen molar-refractivity contribution in [2.75, 3.05) is 40.3 Å². The number of aliphatic hydroxyl groups is 1. The largest absolute Gasteiger partial charge is 0.480 e. The Bertz CT molecular complexity index is 330. The topological polar surface area (TPSA) is 140 Å². The van der Waals surface area contributed by atoms with Gasteiger partial charge in [0, 0.05) is 26.1 Å². The zero-order valence-corrected chi connectivity index (χ0v) is 13.3. The summed E-state index contributed by atoms with van der Waals surface area (Å²) in [7, 11) is 3.34. The van der Waals surface area contributed by atoms with Gasteiger partial charge in [0.15, 0.2) is 0 Å². The van der Waals surface area contributed by atoms with Crippen LogP contribution < -0.4 is 21.8 Å². The average Bonchev–Trinajstić information content (AvgIpc) is 2.36. The summed E-state index contributed by atoms with van der Waals surface area (Å²) in [5.41, 5.74) is 8.22. The standard InChI is InChI=1S/C13H29N5O4/c1-15-4-3-5-16-8-11(19)6-10(14)7-12(20)17-18(2)9-13(21)22/h10-11,15-16,19H,3-9,14H2,1-2H3,(H,17,20)(H,21,22)/t10-,11-/m1/s1. The van der Waals surface area contributed by atoms with E-state index in [1.54, 1.807) is 0 Å². The van der Waals surface area contributed by atoms with Gasteiger partial charge < -0.3 is 26.6 Å². The lowest BCUT2D eigenvalue weighted by molar-refractivity contribution is -0.139. The van der Waals surface area contributed by atoms with Crippen LogP contribution in [0.1, 0.15) is 19.3 Å². The van der Waals surface area contributed by atoms with Crippen molar-refractivity contribution in [1.82, 2.24) is 21.1 Å². The minimum Gasteiger partial charge on any atom is -0.480 e. The van der Waals surface area contributed by atoms with Gasteiger partial charge in [-0.05, 0) is 33.0 Å². The second kappa shape index (κ2) is 12.3. The maximum atomic E-state index is 11.6. The highest BCUT2D eigenvalue weighted by Gasteiger charge is 2.15. The molecule has 0 unspecified atom stereocenters. The van der Waals surface area contributed by atoms with Crippen molar-refractivity contribution in [3.63, 3.8) is 0 Å². The summed E-state index contributed by atoms with van der Waals surface area (Å²) in [5, 5.41) is 25.7. The Morgan fingerprint density at radius 1 is 1.32 bits per heavy atom. The number of hydrogen-bond donors (Lipinski definition) is 6. The van der Waals surface area contributed by atoms with Crippen LogP contribution in [0, 0.1) is 0 Å². The molecule has 9 heteroatoms. The van der Waals surface area contributed by atoms with E-state index in [1.807, 2.05) is 7.05 Å². The third kappa shape index (κ3) is 12.5. The molecule has 0 saturated heterocycles. The van der Waals surface area contributed by atoms with Gasteiger partial charge in [0.05, 0.1) is 6.10 Å². The minimum atomic E-state index is -1.04. The smallest absolute Gasteiger partial charge is 0.319 e. The van der Waals surface area contributed by atoms with Crippen molar-refractivity contribution in [3.8, 4) is 0 Å². The molecule has 7 N–H and O–H groups in total. The first-order chi connectivity index (χ1) is 10.3. The highest BCUT2D eigenvalue weighted by atomic mass is 16.4. The molecule has 0 aromatic carbocycles. The van der Waals surface area contributed by atoms with Gasteiger partial charge in [-0.1, -0.05) is 0 Å². The van der Waals surface area contributed by atoms with Crippen LogP contribution in [0.4, 0.5) is 0 Å². The third-order valence-electron chi connectivity index (χ3n) is 2.87. The second-order valence-corrected chi connectivity index (χ2v) is 5.30. The summed E-state index contributed by atoms with van der Waals surface area (Å²) in [6.45, 7) is 1.85. The van der Waals surface area contributed by atoms with Crippen molar-refractivity contribution in [2.45, 2.75) is 31.4 Å². The van der Waals surface area contributed by atoms with E-state index in [1.165, 1.54) is 12.1 Å². The molecule has 2 atom stereocenters. The number of carbonyl (C=O) groups excluding carboxylic acids is 1. The average molecular weight is 319 g/mol. The van der Waals surface area contributed by atoms with Crippen LogP contribution in [0.25, 0.3) is 0 Å². The molecule has 0 spiro atoms. The monoisotopic (exact) mass is 319 g/mol. The molecule has 130 valence electrons. The molecule has 0 aromatic rings. The lowest BCUT2D eigenvalue weighted by atomic mass is 10.1. The number of aliphatic carboxylic acids is 1. The number of carbonyl (C=O) groups is 2. The normalized spacial score (nSPS) is 13.9. The van der Waals surface area contributed by atoms with E-state index in [0.717, 1.165) is 19.5 Å². The lowest BCUT2D eigenvalue weighted by Crippen LogP contribution is -2.44. The maximum Gasteiger partial charge on any atom is 0.319 e.